The van der Waals surface area contributed by atoms with Crippen LogP contribution >= 0.6 is 23.4 Å². The zero-order valence-corrected chi connectivity index (χ0v) is 20.9. The second-order valence-corrected chi connectivity index (χ2v) is 10.7. The molecule has 176 valence electrons. The molecule has 8 heteroatoms. The van der Waals surface area contributed by atoms with Crippen molar-refractivity contribution in [1.29, 1.82) is 0 Å². The minimum atomic E-state index is 0.239. The average molecular weight is 493 g/mol. The topological polar surface area (TPSA) is 70.6 Å². The lowest BCUT2D eigenvalue weighted by molar-refractivity contribution is 0.258. The van der Waals surface area contributed by atoms with E-state index in [-0.39, 0.29) is 5.41 Å². The third kappa shape index (κ3) is 5.06. The lowest BCUT2D eigenvalue weighted by Gasteiger charge is -2.39. The van der Waals surface area contributed by atoms with Gasteiger partial charge in [-0.2, -0.15) is 0 Å². The van der Waals surface area contributed by atoms with Crippen molar-refractivity contribution in [2.24, 2.45) is 16.1 Å². The lowest BCUT2D eigenvalue weighted by Crippen LogP contribution is -2.42. The molecule has 0 radical (unpaired) electrons. The Morgan fingerprint density at radius 3 is 2.56 bits per heavy atom. The molecule has 2 aromatic carbocycles. The molecular weight excluding hydrogens is 464 g/mol. The van der Waals surface area contributed by atoms with Crippen LogP contribution < -0.4 is 21.2 Å². The molecule has 1 saturated heterocycles. The number of halogens is 1. The summed E-state index contributed by atoms with van der Waals surface area (Å²) >= 11 is 8.36. The van der Waals surface area contributed by atoms with Crippen LogP contribution in [-0.2, 0) is 6.54 Å². The maximum atomic E-state index is 6.83. The maximum Gasteiger partial charge on any atom is 0.147 e. The minimum Gasteiger partial charge on any atom is -0.355 e. The van der Waals surface area contributed by atoms with Crippen LogP contribution in [0.5, 0.6) is 0 Å². The van der Waals surface area contributed by atoms with E-state index in [9.17, 15) is 0 Å². The first kappa shape index (κ1) is 23.1. The van der Waals surface area contributed by atoms with E-state index < -0.39 is 0 Å². The van der Waals surface area contributed by atoms with Crippen LogP contribution in [0.3, 0.4) is 0 Å². The second-order valence-electron chi connectivity index (χ2n) is 9.29. The van der Waals surface area contributed by atoms with Crippen molar-refractivity contribution < 1.29 is 0 Å². The van der Waals surface area contributed by atoms with Gasteiger partial charge in [-0.3, -0.25) is 4.99 Å². The summed E-state index contributed by atoms with van der Waals surface area (Å²) in [5, 5.41) is 3.40. The van der Waals surface area contributed by atoms with Crippen molar-refractivity contribution in [3.8, 4) is 0 Å². The third-order valence-electron chi connectivity index (χ3n) is 6.70. The highest BCUT2D eigenvalue weighted by Crippen LogP contribution is 2.33. The summed E-state index contributed by atoms with van der Waals surface area (Å²) in [5.41, 5.74) is 7.43. The van der Waals surface area contributed by atoms with Crippen molar-refractivity contribution in [1.82, 2.24) is 14.9 Å². The number of nitrogens with zero attached hydrogens (tertiary/aromatic N) is 5. The molecular formula is C26H29ClN6S. The molecule has 3 aromatic rings. The average Bonchev–Trinajstić information content (AvgIpc) is 2.88. The van der Waals surface area contributed by atoms with E-state index in [1.54, 1.807) is 0 Å². The van der Waals surface area contributed by atoms with Gasteiger partial charge in [0.25, 0.3) is 0 Å². The van der Waals surface area contributed by atoms with Gasteiger partial charge in [0.05, 0.1) is 22.8 Å². The summed E-state index contributed by atoms with van der Waals surface area (Å²) in [7, 11) is 0. The first-order valence-corrected chi connectivity index (χ1v) is 12.8. The Kier molecular flexibility index (Phi) is 6.77. The summed E-state index contributed by atoms with van der Waals surface area (Å²) in [5.74, 6) is 0.920. The van der Waals surface area contributed by atoms with E-state index >= 15 is 0 Å². The molecule has 5 rings (SSSR count). The zero-order chi connectivity index (χ0) is 23.5. The van der Waals surface area contributed by atoms with Crippen LogP contribution in [-0.4, -0.2) is 41.2 Å². The van der Waals surface area contributed by atoms with Gasteiger partial charge in [-0.1, -0.05) is 60.6 Å². The lowest BCUT2D eigenvalue weighted by atomic mass is 9.80. The van der Waals surface area contributed by atoms with Gasteiger partial charge in [0.15, 0.2) is 0 Å². The number of hydrogen-bond donors (Lipinski definition) is 1. The second kappa shape index (κ2) is 9.94. The van der Waals surface area contributed by atoms with Crippen molar-refractivity contribution in [3.05, 3.63) is 76.0 Å². The van der Waals surface area contributed by atoms with E-state index in [0.29, 0.717) is 11.7 Å². The van der Waals surface area contributed by atoms with Gasteiger partial charge < -0.3 is 15.5 Å². The van der Waals surface area contributed by atoms with Gasteiger partial charge in [-0.15, -0.1) is 0 Å². The summed E-state index contributed by atoms with van der Waals surface area (Å²) < 4.78 is 0. The van der Waals surface area contributed by atoms with Crippen LogP contribution in [0.15, 0.2) is 69.8 Å². The van der Waals surface area contributed by atoms with E-state index in [1.807, 2.05) is 30.6 Å². The SMILES string of the molecule is CC1(CN)CCN(c2cnc(Sc3ccc4c(c3Cl)=CN(Cc3ccccc3)CN=4)cn2)CC1. The highest BCUT2D eigenvalue weighted by atomic mass is 35.5. The number of hydrogen-bond acceptors (Lipinski definition) is 7. The number of aromatic nitrogens is 2. The number of fused-ring (bicyclic) bond motifs is 1. The maximum absolute atomic E-state index is 6.83. The molecule has 0 aliphatic carbocycles. The summed E-state index contributed by atoms with van der Waals surface area (Å²) in [6, 6.07) is 14.4. The molecule has 6 nitrogen and oxygen atoms in total. The third-order valence-corrected chi connectivity index (χ3v) is 8.20. The quantitative estimate of drug-likeness (QED) is 0.566. The van der Waals surface area contributed by atoms with Crippen LogP contribution in [0.4, 0.5) is 5.82 Å². The monoisotopic (exact) mass is 492 g/mol. The molecule has 0 bridgehead atoms. The first-order valence-electron chi connectivity index (χ1n) is 11.6. The molecule has 1 fully saturated rings. The largest absolute Gasteiger partial charge is 0.355 e. The van der Waals surface area contributed by atoms with E-state index in [2.05, 4.69) is 57.2 Å². The fraction of sp³-hybridized carbons (Fsp3) is 0.346. The highest BCUT2D eigenvalue weighted by molar-refractivity contribution is 7.99. The number of benzene rings is 2. The number of anilines is 1. The molecule has 2 aliphatic rings. The molecule has 1 aromatic heterocycles. The molecule has 0 spiro atoms. The predicted molar refractivity (Wildman–Crippen MR) is 138 cm³/mol. The normalized spacial score (nSPS) is 17.0. The van der Waals surface area contributed by atoms with Crippen molar-refractivity contribution in [2.75, 3.05) is 31.2 Å². The fourth-order valence-corrected chi connectivity index (χ4v) is 5.42. The Hall–Kier alpha value is -2.61. The van der Waals surface area contributed by atoms with Crippen LogP contribution in [0.1, 0.15) is 25.3 Å². The van der Waals surface area contributed by atoms with Crippen molar-refractivity contribution in [3.63, 3.8) is 0 Å². The standard InChI is InChI=1S/C26H29ClN6S/c1-26(17-28)9-11-33(12-10-26)23-13-30-24(14-29-23)34-22-8-7-21-20(25(22)27)16-32(18-31-21)15-19-5-3-2-4-6-19/h2-8,13-14,16H,9-12,15,17-18,28H2,1H3. The van der Waals surface area contributed by atoms with Gasteiger partial charge in [0.1, 0.15) is 17.5 Å². The van der Waals surface area contributed by atoms with Gasteiger partial charge in [-0.25, -0.2) is 9.97 Å². The molecule has 0 saturated carbocycles. The fourth-order valence-electron chi connectivity index (χ4n) is 4.32. The Morgan fingerprint density at radius 2 is 1.85 bits per heavy atom. The highest BCUT2D eigenvalue weighted by Gasteiger charge is 2.29. The van der Waals surface area contributed by atoms with Gasteiger partial charge in [0, 0.05) is 35.9 Å². The molecule has 34 heavy (non-hydrogen) atoms. The Morgan fingerprint density at radius 1 is 1.06 bits per heavy atom. The van der Waals surface area contributed by atoms with Crippen LogP contribution in [0.2, 0.25) is 5.02 Å². The smallest absolute Gasteiger partial charge is 0.147 e. The number of piperidine rings is 1. The molecule has 0 amide bonds. The minimum absolute atomic E-state index is 0.239. The summed E-state index contributed by atoms with van der Waals surface area (Å²) in [4.78, 5) is 19.5. The van der Waals surface area contributed by atoms with Gasteiger partial charge >= 0.3 is 0 Å². The van der Waals surface area contributed by atoms with Gasteiger partial charge in [-0.05, 0) is 42.5 Å². The van der Waals surface area contributed by atoms with Crippen LogP contribution in [0, 0.1) is 5.41 Å². The van der Waals surface area contributed by atoms with Crippen molar-refractivity contribution >= 4 is 35.4 Å². The molecule has 2 N–H and O–H groups in total. The van der Waals surface area contributed by atoms with E-state index in [4.69, 9.17) is 22.3 Å². The summed E-state index contributed by atoms with van der Waals surface area (Å²) in [6.07, 6.45) is 7.97. The van der Waals surface area contributed by atoms with Crippen molar-refractivity contribution in [2.45, 2.75) is 36.2 Å². The number of nitrogens with two attached hydrogens (primary N) is 1. The summed E-state index contributed by atoms with van der Waals surface area (Å²) in [6.45, 7) is 6.35. The number of rotatable bonds is 6. The molecule has 0 unspecified atom stereocenters. The molecule has 3 heterocycles. The molecule has 0 atom stereocenters. The molecule has 2 aliphatic heterocycles. The Bertz CT molecular complexity index is 1260. The zero-order valence-electron chi connectivity index (χ0n) is 19.3. The van der Waals surface area contributed by atoms with E-state index in [1.165, 1.54) is 17.3 Å². The Labute approximate surface area is 209 Å². The first-order chi connectivity index (χ1) is 16.5. The Balaban J connectivity index is 1.30. The van der Waals surface area contributed by atoms with Gasteiger partial charge in [0.2, 0.25) is 0 Å². The van der Waals surface area contributed by atoms with Crippen LogP contribution in [0.25, 0.3) is 6.20 Å². The predicted octanol–water partition coefficient (Wildman–Crippen LogP) is 3.68. The van der Waals surface area contributed by atoms with E-state index in [0.717, 1.165) is 65.3 Å².